The van der Waals surface area contributed by atoms with Gasteiger partial charge in [-0.3, -0.25) is 4.79 Å². The molecule has 0 bridgehead atoms. The highest BCUT2D eigenvalue weighted by Gasteiger charge is 2.23. The fraction of sp³-hybridized carbons (Fsp3) is 0.300. The molecule has 0 aliphatic heterocycles. The number of sulfone groups is 1. The van der Waals surface area contributed by atoms with Crippen molar-refractivity contribution >= 4 is 21.4 Å². The molecular formula is C10H12FNO3S. The molecular weight excluding hydrogens is 233 g/mol. The number of nitrogens with one attached hydrogen (secondary N) is 1. The third kappa shape index (κ3) is 3.03. The molecule has 4 nitrogen and oxygen atoms in total. The van der Waals surface area contributed by atoms with Crippen molar-refractivity contribution in [2.24, 2.45) is 0 Å². The van der Waals surface area contributed by atoms with Crippen LogP contribution >= 0.6 is 0 Å². The van der Waals surface area contributed by atoms with Crippen molar-refractivity contribution in [2.45, 2.75) is 12.2 Å². The van der Waals surface area contributed by atoms with Crippen molar-refractivity contribution < 1.29 is 17.6 Å². The summed E-state index contributed by atoms with van der Waals surface area (Å²) in [6.07, 6.45) is 0.957. The van der Waals surface area contributed by atoms with Gasteiger partial charge in [-0.15, -0.1) is 0 Å². The van der Waals surface area contributed by atoms with Gasteiger partial charge in [-0.2, -0.15) is 0 Å². The lowest BCUT2D eigenvalue weighted by Crippen LogP contribution is -2.32. The van der Waals surface area contributed by atoms with Gasteiger partial charge in [-0.25, -0.2) is 12.8 Å². The van der Waals surface area contributed by atoms with Gasteiger partial charge in [0.2, 0.25) is 5.91 Å². The molecule has 0 fully saturated rings. The van der Waals surface area contributed by atoms with Gasteiger partial charge in [-0.05, 0) is 19.1 Å². The fourth-order valence-electron chi connectivity index (χ4n) is 0.991. The summed E-state index contributed by atoms with van der Waals surface area (Å²) in [5.41, 5.74) is -0.0250. The van der Waals surface area contributed by atoms with Crippen molar-refractivity contribution in [2.75, 3.05) is 11.6 Å². The zero-order valence-corrected chi connectivity index (χ0v) is 9.71. The van der Waals surface area contributed by atoms with Crippen LogP contribution in [-0.2, 0) is 14.6 Å². The van der Waals surface area contributed by atoms with Crippen LogP contribution in [0.3, 0.4) is 0 Å². The van der Waals surface area contributed by atoms with Crippen LogP contribution in [0, 0.1) is 5.82 Å². The second-order valence-electron chi connectivity index (χ2n) is 3.44. The highest BCUT2D eigenvalue weighted by molar-refractivity contribution is 7.92. The van der Waals surface area contributed by atoms with Crippen LogP contribution in [0.1, 0.15) is 6.92 Å². The molecule has 1 aromatic carbocycles. The highest BCUT2D eigenvalue weighted by atomic mass is 32.2. The van der Waals surface area contributed by atoms with Gasteiger partial charge < -0.3 is 5.32 Å². The van der Waals surface area contributed by atoms with E-state index in [9.17, 15) is 17.6 Å². The SMILES string of the molecule is C[C@H](C(=O)Nc1ccccc1F)S(C)(=O)=O. The Hall–Kier alpha value is -1.43. The van der Waals surface area contributed by atoms with Crippen LogP contribution in [0.4, 0.5) is 10.1 Å². The van der Waals surface area contributed by atoms with E-state index >= 15 is 0 Å². The molecule has 0 spiro atoms. The molecule has 1 aromatic rings. The van der Waals surface area contributed by atoms with Crippen LogP contribution in [0.15, 0.2) is 24.3 Å². The van der Waals surface area contributed by atoms with E-state index in [-0.39, 0.29) is 5.69 Å². The summed E-state index contributed by atoms with van der Waals surface area (Å²) >= 11 is 0. The number of hydrogen-bond donors (Lipinski definition) is 1. The zero-order chi connectivity index (χ0) is 12.3. The van der Waals surface area contributed by atoms with Crippen LogP contribution in [0.5, 0.6) is 0 Å². The molecule has 88 valence electrons. The smallest absolute Gasteiger partial charge is 0.242 e. The van der Waals surface area contributed by atoms with Gasteiger partial charge in [0.1, 0.15) is 11.1 Å². The first-order valence-corrected chi connectivity index (χ1v) is 6.52. The van der Waals surface area contributed by atoms with Crippen molar-refractivity contribution in [3.05, 3.63) is 30.1 Å². The molecule has 1 rings (SSSR count). The molecule has 1 N–H and O–H groups in total. The van der Waals surface area contributed by atoms with Crippen LogP contribution in [-0.4, -0.2) is 25.8 Å². The number of carbonyl (C=O) groups is 1. The summed E-state index contributed by atoms with van der Waals surface area (Å²) in [5, 5.41) is 1.02. The molecule has 16 heavy (non-hydrogen) atoms. The molecule has 6 heteroatoms. The van der Waals surface area contributed by atoms with Crippen molar-refractivity contribution in [1.82, 2.24) is 0 Å². The minimum absolute atomic E-state index is 0.0250. The Balaban J connectivity index is 2.84. The molecule has 0 heterocycles. The number of amides is 1. The number of anilines is 1. The van der Waals surface area contributed by atoms with Crippen LogP contribution < -0.4 is 5.32 Å². The zero-order valence-electron chi connectivity index (χ0n) is 8.90. The molecule has 0 aliphatic carbocycles. The number of rotatable bonds is 3. The fourth-order valence-corrected chi connectivity index (χ4v) is 1.44. The maximum absolute atomic E-state index is 13.1. The Morgan fingerprint density at radius 3 is 2.44 bits per heavy atom. The highest BCUT2D eigenvalue weighted by Crippen LogP contribution is 2.13. The summed E-state index contributed by atoms with van der Waals surface area (Å²) < 4.78 is 35.3. The number of para-hydroxylation sites is 1. The maximum Gasteiger partial charge on any atom is 0.242 e. The second-order valence-corrected chi connectivity index (χ2v) is 5.81. The Morgan fingerprint density at radius 2 is 1.94 bits per heavy atom. The van der Waals surface area contributed by atoms with E-state index in [4.69, 9.17) is 0 Å². The largest absolute Gasteiger partial charge is 0.322 e. The van der Waals surface area contributed by atoms with Gasteiger partial charge in [0.05, 0.1) is 5.69 Å². The summed E-state index contributed by atoms with van der Waals surface area (Å²) in [6.45, 7) is 1.26. The Labute approximate surface area is 93.4 Å². The third-order valence-electron chi connectivity index (χ3n) is 2.14. The molecule has 0 aromatic heterocycles. The Morgan fingerprint density at radius 1 is 1.38 bits per heavy atom. The van der Waals surface area contributed by atoms with E-state index in [1.54, 1.807) is 6.07 Å². The average molecular weight is 245 g/mol. The van der Waals surface area contributed by atoms with E-state index in [0.717, 1.165) is 6.26 Å². The first-order chi connectivity index (χ1) is 7.32. The first kappa shape index (κ1) is 12.6. The predicted octanol–water partition coefficient (Wildman–Crippen LogP) is 1.20. The van der Waals surface area contributed by atoms with E-state index in [2.05, 4.69) is 5.32 Å². The lowest BCUT2D eigenvalue weighted by atomic mass is 10.3. The molecule has 0 aliphatic rings. The van der Waals surface area contributed by atoms with Crippen LogP contribution in [0.25, 0.3) is 0 Å². The molecule has 0 unspecified atom stereocenters. The van der Waals surface area contributed by atoms with Gasteiger partial charge in [0.25, 0.3) is 0 Å². The molecule has 1 amide bonds. The molecule has 0 saturated heterocycles. The minimum atomic E-state index is -3.47. The normalized spacial score (nSPS) is 13.2. The van der Waals surface area contributed by atoms with Gasteiger partial charge in [0.15, 0.2) is 9.84 Å². The summed E-state index contributed by atoms with van der Waals surface area (Å²) in [6, 6.07) is 5.57. The quantitative estimate of drug-likeness (QED) is 0.870. The van der Waals surface area contributed by atoms with E-state index in [0.29, 0.717) is 0 Å². The van der Waals surface area contributed by atoms with Gasteiger partial charge in [-0.1, -0.05) is 12.1 Å². The van der Waals surface area contributed by atoms with E-state index in [1.807, 2.05) is 0 Å². The van der Waals surface area contributed by atoms with Crippen molar-refractivity contribution in [3.63, 3.8) is 0 Å². The Bertz CT molecular complexity index is 499. The first-order valence-electron chi connectivity index (χ1n) is 4.56. The molecule has 0 radical (unpaired) electrons. The van der Waals surface area contributed by atoms with Gasteiger partial charge >= 0.3 is 0 Å². The van der Waals surface area contributed by atoms with Crippen LogP contribution in [0.2, 0.25) is 0 Å². The third-order valence-corrected chi connectivity index (χ3v) is 3.64. The number of halogens is 1. The lowest BCUT2D eigenvalue weighted by molar-refractivity contribution is -0.115. The summed E-state index contributed by atoms with van der Waals surface area (Å²) in [5.74, 6) is -1.34. The minimum Gasteiger partial charge on any atom is -0.322 e. The number of hydrogen-bond acceptors (Lipinski definition) is 3. The van der Waals surface area contributed by atoms with Gasteiger partial charge in [0, 0.05) is 6.26 Å². The molecule has 1 atom stereocenters. The number of benzene rings is 1. The van der Waals surface area contributed by atoms with E-state index < -0.39 is 26.8 Å². The average Bonchev–Trinajstić information content (AvgIpc) is 2.19. The van der Waals surface area contributed by atoms with Crippen molar-refractivity contribution in [1.29, 1.82) is 0 Å². The lowest BCUT2D eigenvalue weighted by Gasteiger charge is -2.10. The second kappa shape index (κ2) is 4.61. The van der Waals surface area contributed by atoms with E-state index in [1.165, 1.54) is 25.1 Å². The maximum atomic E-state index is 13.1. The standard InChI is InChI=1S/C10H12FNO3S/c1-7(16(2,14)15)10(13)12-9-6-4-3-5-8(9)11/h3-7H,1-2H3,(H,12,13)/t7-/m1/s1. The molecule has 0 saturated carbocycles. The summed E-state index contributed by atoms with van der Waals surface area (Å²) in [7, 11) is -3.47. The monoisotopic (exact) mass is 245 g/mol. The predicted molar refractivity (Wildman–Crippen MR) is 59.3 cm³/mol. The number of carbonyl (C=O) groups excluding carboxylic acids is 1. The van der Waals surface area contributed by atoms with Crippen molar-refractivity contribution in [3.8, 4) is 0 Å². The topological polar surface area (TPSA) is 63.2 Å². The summed E-state index contributed by atoms with van der Waals surface area (Å²) in [4.78, 5) is 11.5. The Kier molecular flexibility index (Phi) is 3.64.